The first-order valence-corrected chi connectivity index (χ1v) is 7.06. The Kier molecular flexibility index (Phi) is 4.80. The molecule has 0 radical (unpaired) electrons. The molecule has 0 saturated heterocycles. The number of rotatable bonds is 7. The first-order chi connectivity index (χ1) is 9.69. The molecule has 2 rings (SSSR count). The van der Waals surface area contributed by atoms with Crippen LogP contribution in [0.25, 0.3) is 0 Å². The van der Waals surface area contributed by atoms with E-state index in [1.807, 2.05) is 6.07 Å². The molecule has 1 aromatic heterocycles. The lowest BCUT2D eigenvalue weighted by Gasteiger charge is -2.41. The Morgan fingerprint density at radius 3 is 2.85 bits per heavy atom. The molecule has 5 nitrogen and oxygen atoms in total. The summed E-state index contributed by atoms with van der Waals surface area (Å²) in [5, 5.41) is 8.73. The Morgan fingerprint density at radius 1 is 1.55 bits per heavy atom. The standard InChI is InChI=1S/C15H21N3O2/c16-7-3-8-18(11-13-4-1-9-20-13)14(19)10-15(12-17)5-2-6-15/h1,4,9H,2-3,5-6,8,10-12,17H2. The maximum atomic E-state index is 12.5. The molecule has 2 N–H and O–H groups in total. The Labute approximate surface area is 119 Å². The van der Waals surface area contributed by atoms with E-state index in [4.69, 9.17) is 15.4 Å². The smallest absolute Gasteiger partial charge is 0.223 e. The normalized spacial score (nSPS) is 16.2. The highest BCUT2D eigenvalue weighted by molar-refractivity contribution is 5.77. The van der Waals surface area contributed by atoms with Crippen molar-refractivity contribution >= 4 is 5.91 Å². The van der Waals surface area contributed by atoms with Gasteiger partial charge in [0, 0.05) is 13.0 Å². The summed E-state index contributed by atoms with van der Waals surface area (Å²) >= 11 is 0. The van der Waals surface area contributed by atoms with Gasteiger partial charge in [-0.3, -0.25) is 4.79 Å². The van der Waals surface area contributed by atoms with Gasteiger partial charge in [0.05, 0.1) is 25.3 Å². The molecule has 1 amide bonds. The third kappa shape index (κ3) is 3.40. The minimum atomic E-state index is -0.00879. The van der Waals surface area contributed by atoms with E-state index >= 15 is 0 Å². The van der Waals surface area contributed by atoms with E-state index in [1.54, 1.807) is 17.2 Å². The molecule has 0 spiro atoms. The topological polar surface area (TPSA) is 83.3 Å². The number of hydrogen-bond donors (Lipinski definition) is 1. The van der Waals surface area contributed by atoms with Gasteiger partial charge in [0.1, 0.15) is 5.76 Å². The maximum Gasteiger partial charge on any atom is 0.223 e. The largest absolute Gasteiger partial charge is 0.467 e. The number of carbonyl (C=O) groups excluding carboxylic acids is 1. The highest BCUT2D eigenvalue weighted by Crippen LogP contribution is 2.43. The van der Waals surface area contributed by atoms with Crippen LogP contribution >= 0.6 is 0 Å². The van der Waals surface area contributed by atoms with Crippen molar-refractivity contribution in [2.24, 2.45) is 11.1 Å². The van der Waals surface area contributed by atoms with Crippen LogP contribution < -0.4 is 5.73 Å². The lowest BCUT2D eigenvalue weighted by atomic mass is 9.66. The van der Waals surface area contributed by atoms with Gasteiger partial charge in [-0.25, -0.2) is 0 Å². The van der Waals surface area contributed by atoms with Crippen LogP contribution in [0.5, 0.6) is 0 Å². The molecule has 1 aromatic rings. The molecule has 0 aliphatic heterocycles. The molecule has 1 saturated carbocycles. The van der Waals surface area contributed by atoms with Gasteiger partial charge < -0.3 is 15.1 Å². The number of hydrogen-bond acceptors (Lipinski definition) is 4. The maximum absolute atomic E-state index is 12.5. The van der Waals surface area contributed by atoms with E-state index in [2.05, 4.69) is 6.07 Å². The van der Waals surface area contributed by atoms with E-state index in [1.165, 1.54) is 0 Å². The second-order valence-electron chi connectivity index (χ2n) is 5.54. The zero-order valence-electron chi connectivity index (χ0n) is 11.7. The van der Waals surface area contributed by atoms with E-state index in [0.717, 1.165) is 25.0 Å². The van der Waals surface area contributed by atoms with E-state index < -0.39 is 0 Å². The zero-order valence-corrected chi connectivity index (χ0v) is 11.7. The number of nitrogens with zero attached hydrogens (tertiary/aromatic N) is 2. The minimum absolute atomic E-state index is 0.00879. The molecule has 0 bridgehead atoms. The molecular formula is C15H21N3O2. The van der Waals surface area contributed by atoms with Crippen molar-refractivity contribution in [1.29, 1.82) is 5.26 Å². The quantitative estimate of drug-likeness (QED) is 0.825. The molecule has 1 fully saturated rings. The number of furan rings is 1. The summed E-state index contributed by atoms with van der Waals surface area (Å²) in [6.45, 7) is 1.43. The second kappa shape index (κ2) is 6.58. The monoisotopic (exact) mass is 275 g/mol. The lowest BCUT2D eigenvalue weighted by molar-refractivity contribution is -0.136. The summed E-state index contributed by atoms with van der Waals surface area (Å²) < 4.78 is 5.29. The molecule has 1 heterocycles. The molecule has 0 unspecified atom stereocenters. The Morgan fingerprint density at radius 2 is 2.35 bits per heavy atom. The number of amides is 1. The average Bonchev–Trinajstić information content (AvgIpc) is 2.91. The summed E-state index contributed by atoms with van der Waals surface area (Å²) in [6.07, 6.45) is 5.62. The van der Waals surface area contributed by atoms with Crippen molar-refractivity contribution < 1.29 is 9.21 Å². The molecule has 0 aromatic carbocycles. The lowest BCUT2D eigenvalue weighted by Crippen LogP contribution is -2.43. The van der Waals surface area contributed by atoms with E-state index in [-0.39, 0.29) is 11.3 Å². The highest BCUT2D eigenvalue weighted by Gasteiger charge is 2.38. The average molecular weight is 275 g/mol. The van der Waals surface area contributed by atoms with Crippen molar-refractivity contribution in [3.8, 4) is 6.07 Å². The number of nitrogens with two attached hydrogens (primary N) is 1. The SMILES string of the molecule is N#CCCN(Cc1ccco1)C(=O)CC1(CN)CCC1. The van der Waals surface area contributed by atoms with Crippen molar-refractivity contribution in [2.75, 3.05) is 13.1 Å². The zero-order chi connectivity index (χ0) is 14.4. The van der Waals surface area contributed by atoms with Crippen molar-refractivity contribution in [1.82, 2.24) is 4.90 Å². The van der Waals surface area contributed by atoms with Gasteiger partial charge in [-0.1, -0.05) is 6.42 Å². The van der Waals surface area contributed by atoms with Gasteiger partial charge in [0.25, 0.3) is 0 Å². The van der Waals surface area contributed by atoms with E-state index in [0.29, 0.717) is 32.5 Å². The van der Waals surface area contributed by atoms with Gasteiger partial charge in [-0.05, 0) is 36.9 Å². The molecule has 20 heavy (non-hydrogen) atoms. The van der Waals surface area contributed by atoms with Crippen LogP contribution in [0.2, 0.25) is 0 Å². The minimum Gasteiger partial charge on any atom is -0.467 e. The summed E-state index contributed by atoms with van der Waals surface area (Å²) in [6, 6.07) is 5.73. The molecular weight excluding hydrogens is 254 g/mol. The fourth-order valence-corrected chi connectivity index (χ4v) is 2.63. The summed E-state index contributed by atoms with van der Waals surface area (Å²) in [4.78, 5) is 14.2. The Balaban J connectivity index is 1.98. The van der Waals surface area contributed by atoms with Gasteiger partial charge in [0.15, 0.2) is 0 Å². The molecule has 1 aliphatic rings. The Hall–Kier alpha value is -1.80. The van der Waals surface area contributed by atoms with Gasteiger partial charge in [-0.2, -0.15) is 5.26 Å². The third-order valence-electron chi connectivity index (χ3n) is 4.15. The predicted octanol–water partition coefficient (Wildman–Crippen LogP) is 2.04. The predicted molar refractivity (Wildman–Crippen MR) is 74.3 cm³/mol. The highest BCUT2D eigenvalue weighted by atomic mass is 16.3. The van der Waals surface area contributed by atoms with Crippen LogP contribution in [0.4, 0.5) is 0 Å². The third-order valence-corrected chi connectivity index (χ3v) is 4.15. The number of carbonyl (C=O) groups is 1. The van der Waals surface area contributed by atoms with Crippen LogP contribution in [0.3, 0.4) is 0 Å². The van der Waals surface area contributed by atoms with Crippen LogP contribution in [-0.4, -0.2) is 23.9 Å². The van der Waals surface area contributed by atoms with Gasteiger partial charge >= 0.3 is 0 Å². The molecule has 1 aliphatic carbocycles. The van der Waals surface area contributed by atoms with E-state index in [9.17, 15) is 4.79 Å². The second-order valence-corrected chi connectivity index (χ2v) is 5.54. The molecule has 5 heteroatoms. The molecule has 108 valence electrons. The summed E-state index contributed by atoms with van der Waals surface area (Å²) in [7, 11) is 0. The van der Waals surface area contributed by atoms with Crippen molar-refractivity contribution in [2.45, 2.75) is 38.6 Å². The van der Waals surface area contributed by atoms with Crippen LogP contribution in [0.1, 0.15) is 37.9 Å². The number of nitriles is 1. The summed E-state index contributed by atoms with van der Waals surface area (Å²) in [5.41, 5.74) is 5.80. The van der Waals surface area contributed by atoms with Crippen molar-refractivity contribution in [3.05, 3.63) is 24.2 Å². The molecule has 0 atom stereocenters. The first kappa shape index (κ1) is 14.6. The fraction of sp³-hybridized carbons (Fsp3) is 0.600. The van der Waals surface area contributed by atoms with Gasteiger partial charge in [-0.15, -0.1) is 0 Å². The van der Waals surface area contributed by atoms with Crippen molar-refractivity contribution in [3.63, 3.8) is 0 Å². The fourth-order valence-electron chi connectivity index (χ4n) is 2.63. The van der Waals surface area contributed by atoms with Crippen LogP contribution in [0.15, 0.2) is 22.8 Å². The Bertz CT molecular complexity index is 466. The van der Waals surface area contributed by atoms with Crippen LogP contribution in [0, 0.1) is 16.7 Å². The summed E-state index contributed by atoms with van der Waals surface area (Å²) in [5.74, 6) is 0.813. The first-order valence-electron chi connectivity index (χ1n) is 7.06. The van der Waals surface area contributed by atoms with Crippen LogP contribution in [-0.2, 0) is 11.3 Å². The van der Waals surface area contributed by atoms with Gasteiger partial charge in [0.2, 0.25) is 5.91 Å².